The molecule has 0 radical (unpaired) electrons. The van der Waals surface area contributed by atoms with Gasteiger partial charge in [-0.15, -0.1) is 0 Å². The normalized spacial score (nSPS) is 24.5. The fourth-order valence-corrected chi connectivity index (χ4v) is 5.62. The molecule has 0 unspecified atom stereocenters. The van der Waals surface area contributed by atoms with Crippen molar-refractivity contribution in [2.45, 2.75) is 94.3 Å². The average molecular weight is 599 g/mol. The minimum absolute atomic E-state index is 0.175. The monoisotopic (exact) mass is 598 g/mol. The van der Waals surface area contributed by atoms with Crippen molar-refractivity contribution in [3.8, 4) is 0 Å². The molecule has 4 heteroatoms. The highest BCUT2D eigenvalue weighted by Gasteiger charge is 2.37. The van der Waals surface area contributed by atoms with E-state index < -0.39 is 12.2 Å². The molecule has 2 aliphatic rings. The van der Waals surface area contributed by atoms with Crippen molar-refractivity contribution in [1.82, 2.24) is 0 Å². The SMILES string of the molecule is CC1=C(/C=C/C(C)=C/C=C/C(C)=[13CH]/C=C/[13CH]=C(C)/C=C/C=C(C)/C=C/C2=C(C)C(=O)[C@@H](O)CC2(C)C)C(C)(C)C[C@H](O)C1=O. The van der Waals surface area contributed by atoms with E-state index in [9.17, 15) is 19.8 Å². The summed E-state index contributed by atoms with van der Waals surface area (Å²) in [7, 11) is 0. The molecule has 44 heavy (non-hydrogen) atoms. The van der Waals surface area contributed by atoms with Gasteiger partial charge in [0.2, 0.25) is 0 Å². The highest BCUT2D eigenvalue weighted by Crippen LogP contribution is 2.40. The van der Waals surface area contributed by atoms with Crippen LogP contribution in [0.5, 0.6) is 0 Å². The number of rotatable bonds is 10. The maximum Gasteiger partial charge on any atom is 0.187 e. The Kier molecular flexibility index (Phi) is 13.2. The Hall–Kier alpha value is -3.60. The lowest BCUT2D eigenvalue weighted by Crippen LogP contribution is -2.35. The van der Waals surface area contributed by atoms with Crippen molar-refractivity contribution >= 4 is 11.6 Å². The lowest BCUT2D eigenvalue weighted by molar-refractivity contribution is -0.126. The molecule has 2 aliphatic carbocycles. The Morgan fingerprint density at radius 2 is 0.864 bits per heavy atom. The van der Waals surface area contributed by atoms with Crippen molar-refractivity contribution in [2.24, 2.45) is 10.8 Å². The largest absolute Gasteiger partial charge is 0.385 e. The third kappa shape index (κ3) is 10.5. The minimum atomic E-state index is -0.907. The van der Waals surface area contributed by atoms with Gasteiger partial charge in [-0.2, -0.15) is 0 Å². The molecule has 2 rings (SSSR count). The number of allylic oxidation sites excluding steroid dienone is 20. The molecule has 0 heterocycles. The molecule has 0 saturated carbocycles. The summed E-state index contributed by atoms with van der Waals surface area (Å²) in [6.07, 6.45) is 27.5. The van der Waals surface area contributed by atoms with Crippen LogP contribution in [-0.2, 0) is 9.59 Å². The van der Waals surface area contributed by atoms with E-state index in [0.29, 0.717) is 24.0 Å². The number of aliphatic hydroxyl groups excluding tert-OH is 2. The highest BCUT2D eigenvalue weighted by atomic mass is 16.3. The van der Waals surface area contributed by atoms with Gasteiger partial charge in [-0.3, -0.25) is 9.59 Å². The number of carbonyl (C=O) groups excluding carboxylic acids is 2. The first kappa shape index (κ1) is 36.6. The first-order valence-electron chi connectivity index (χ1n) is 15.4. The van der Waals surface area contributed by atoms with E-state index in [4.69, 9.17) is 0 Å². The number of Topliss-reactive ketones (excluding diaryl/α,β-unsaturated/α-hetero) is 2. The summed E-state index contributed by atoms with van der Waals surface area (Å²) in [4.78, 5) is 24.5. The topological polar surface area (TPSA) is 74.6 Å². The molecule has 2 atom stereocenters. The van der Waals surface area contributed by atoms with Crippen LogP contribution < -0.4 is 0 Å². The molecule has 0 aromatic rings. The standard InChI is InChI=1S/C40H52O4/c1-27(17-13-19-29(3)21-23-33-31(5)37(43)35(41)25-39(33,7)8)15-11-12-16-28(2)18-14-20-30(4)22-24-34-32(6)38(44)36(42)26-40(34,9)10/h11-24,35-36,41-42H,25-26H2,1-10H3/b12-11+,17-13+,18-14+,23-21+,24-22+,27-15+,28-16+,29-19+,30-20+/t35-,36-/m0/s1/i15+1,16+1. The first-order valence-corrected chi connectivity index (χ1v) is 15.4. The molecule has 2 N–H and O–H groups in total. The van der Waals surface area contributed by atoms with Gasteiger partial charge in [-0.05, 0) is 87.5 Å². The molecular formula is C40H52O4. The van der Waals surface area contributed by atoms with Gasteiger partial charge >= 0.3 is 0 Å². The number of hydrogen-bond donors (Lipinski definition) is 2. The molecule has 0 amide bonds. The Bertz CT molecular complexity index is 1340. The molecular weight excluding hydrogens is 546 g/mol. The number of carbonyl (C=O) groups is 2. The summed E-state index contributed by atoms with van der Waals surface area (Å²) >= 11 is 0. The number of ketones is 2. The highest BCUT2D eigenvalue weighted by molar-refractivity contribution is 6.01. The van der Waals surface area contributed by atoms with Gasteiger partial charge < -0.3 is 10.2 Å². The third-order valence-electron chi connectivity index (χ3n) is 8.31. The van der Waals surface area contributed by atoms with E-state index >= 15 is 0 Å². The van der Waals surface area contributed by atoms with Crippen molar-refractivity contribution < 1.29 is 19.8 Å². The van der Waals surface area contributed by atoms with Crippen LogP contribution in [-0.4, -0.2) is 34.0 Å². The van der Waals surface area contributed by atoms with Crippen molar-refractivity contribution in [3.05, 3.63) is 130 Å². The molecule has 0 aliphatic heterocycles. The van der Waals surface area contributed by atoms with E-state index in [0.717, 1.165) is 33.4 Å². The maximum atomic E-state index is 12.2. The van der Waals surface area contributed by atoms with Gasteiger partial charge in [0.1, 0.15) is 12.2 Å². The average Bonchev–Trinajstić information content (AvgIpc) is 2.92. The van der Waals surface area contributed by atoms with E-state index in [1.807, 2.05) is 74.6 Å². The van der Waals surface area contributed by atoms with Crippen LogP contribution in [0.2, 0.25) is 0 Å². The van der Waals surface area contributed by atoms with Gasteiger partial charge in [0.05, 0.1) is 0 Å². The van der Waals surface area contributed by atoms with E-state index in [1.54, 1.807) is 13.8 Å². The Labute approximate surface area is 265 Å². The molecule has 4 nitrogen and oxygen atoms in total. The van der Waals surface area contributed by atoms with Crippen LogP contribution in [0.1, 0.15) is 82.1 Å². The predicted molar refractivity (Wildman–Crippen MR) is 185 cm³/mol. The van der Waals surface area contributed by atoms with Gasteiger partial charge in [0.25, 0.3) is 0 Å². The van der Waals surface area contributed by atoms with Crippen molar-refractivity contribution in [3.63, 3.8) is 0 Å². The van der Waals surface area contributed by atoms with Crippen LogP contribution in [0.15, 0.2) is 130 Å². The molecule has 0 saturated heterocycles. The minimum Gasteiger partial charge on any atom is -0.385 e. The zero-order valence-corrected chi connectivity index (χ0v) is 28.4. The zero-order chi connectivity index (χ0) is 33.2. The van der Waals surface area contributed by atoms with E-state index in [2.05, 4.69) is 65.8 Å². The summed E-state index contributed by atoms with van der Waals surface area (Å²) in [6, 6.07) is 0. The molecule has 0 aromatic carbocycles. The Morgan fingerprint density at radius 3 is 1.20 bits per heavy atom. The van der Waals surface area contributed by atoms with Crippen LogP contribution in [0.4, 0.5) is 0 Å². The van der Waals surface area contributed by atoms with Crippen molar-refractivity contribution in [2.75, 3.05) is 0 Å². The van der Waals surface area contributed by atoms with Crippen LogP contribution >= 0.6 is 0 Å². The van der Waals surface area contributed by atoms with Crippen molar-refractivity contribution in [1.29, 1.82) is 0 Å². The fraction of sp³-hybridized carbons (Fsp3) is 0.400. The zero-order valence-electron chi connectivity index (χ0n) is 28.4. The second-order valence-electron chi connectivity index (χ2n) is 13.4. The maximum absolute atomic E-state index is 12.2. The molecule has 0 fully saturated rings. The Morgan fingerprint density at radius 1 is 0.568 bits per heavy atom. The quantitative estimate of drug-likeness (QED) is 0.195. The summed E-state index contributed by atoms with van der Waals surface area (Å²) in [5, 5.41) is 20.0. The molecule has 0 bridgehead atoms. The summed E-state index contributed by atoms with van der Waals surface area (Å²) in [5.74, 6) is -0.350. The van der Waals surface area contributed by atoms with E-state index in [-0.39, 0.29) is 22.4 Å². The number of aliphatic hydroxyl groups is 2. The lowest BCUT2D eigenvalue weighted by Gasteiger charge is -2.34. The second-order valence-corrected chi connectivity index (χ2v) is 13.4. The first-order chi connectivity index (χ1) is 20.5. The van der Waals surface area contributed by atoms with Crippen LogP contribution in [0.25, 0.3) is 0 Å². The second kappa shape index (κ2) is 15.9. The smallest absolute Gasteiger partial charge is 0.187 e. The summed E-state index contributed by atoms with van der Waals surface area (Å²) in [6.45, 7) is 20.0. The Balaban J connectivity index is 1.95. The summed E-state index contributed by atoms with van der Waals surface area (Å²) in [5.41, 5.74) is 7.16. The van der Waals surface area contributed by atoms with Crippen LogP contribution in [0, 0.1) is 10.8 Å². The predicted octanol–water partition coefficient (Wildman–Crippen LogP) is 8.91. The lowest BCUT2D eigenvalue weighted by atomic mass is 9.71. The third-order valence-corrected chi connectivity index (χ3v) is 8.31. The molecule has 236 valence electrons. The van der Waals surface area contributed by atoms with Crippen LogP contribution in [0.3, 0.4) is 0 Å². The van der Waals surface area contributed by atoms with Gasteiger partial charge in [0, 0.05) is 0 Å². The van der Waals surface area contributed by atoms with E-state index in [1.165, 1.54) is 0 Å². The number of hydrogen-bond acceptors (Lipinski definition) is 4. The van der Waals surface area contributed by atoms with Gasteiger partial charge in [-0.25, -0.2) is 0 Å². The molecule has 0 aromatic heterocycles. The fourth-order valence-electron chi connectivity index (χ4n) is 5.62. The summed E-state index contributed by atoms with van der Waals surface area (Å²) < 4.78 is 0. The molecule has 0 spiro atoms. The van der Waals surface area contributed by atoms with Gasteiger partial charge in [0.15, 0.2) is 11.6 Å². The van der Waals surface area contributed by atoms with Gasteiger partial charge in [-0.1, -0.05) is 135 Å².